The van der Waals surface area contributed by atoms with Crippen LogP contribution in [0.4, 0.5) is 5.69 Å². The van der Waals surface area contributed by atoms with E-state index in [4.69, 9.17) is 10.5 Å². The highest BCUT2D eigenvalue weighted by Crippen LogP contribution is 2.15. The highest BCUT2D eigenvalue weighted by molar-refractivity contribution is 5.93. The van der Waals surface area contributed by atoms with Crippen molar-refractivity contribution < 1.29 is 9.53 Å². The summed E-state index contributed by atoms with van der Waals surface area (Å²) in [6, 6.07) is 15.3. The maximum absolute atomic E-state index is 11.2. The number of carbonyl (C=O) groups is 1. The van der Waals surface area contributed by atoms with Gasteiger partial charge in [-0.1, -0.05) is 38.0 Å². The maximum Gasteiger partial charge on any atom is 0.248 e. The van der Waals surface area contributed by atoms with Crippen LogP contribution in [0.3, 0.4) is 0 Å². The number of nitrogens with one attached hydrogen (secondary N) is 1. The van der Waals surface area contributed by atoms with Crippen LogP contribution in [0.15, 0.2) is 48.5 Å². The standard InChI is InChI=1S/C19H24N2O2/c1-2-3-4-12-23-18-10-8-15(9-11-18)14-21-17-7-5-6-16(13-17)19(20)22/h5-11,13,21H,2-4,12,14H2,1H3,(H2,20,22). The second-order valence-electron chi connectivity index (χ2n) is 5.50. The highest BCUT2D eigenvalue weighted by atomic mass is 16.5. The zero-order valence-corrected chi connectivity index (χ0v) is 13.5. The Labute approximate surface area is 137 Å². The van der Waals surface area contributed by atoms with Gasteiger partial charge in [-0.25, -0.2) is 0 Å². The van der Waals surface area contributed by atoms with E-state index in [-0.39, 0.29) is 0 Å². The Balaban J connectivity index is 1.84. The van der Waals surface area contributed by atoms with Gasteiger partial charge in [0.15, 0.2) is 0 Å². The Morgan fingerprint density at radius 3 is 2.61 bits per heavy atom. The lowest BCUT2D eigenvalue weighted by molar-refractivity contribution is 0.100. The number of nitrogens with two attached hydrogens (primary N) is 1. The number of carbonyl (C=O) groups excluding carboxylic acids is 1. The van der Waals surface area contributed by atoms with Crippen LogP contribution in [0.2, 0.25) is 0 Å². The molecule has 0 radical (unpaired) electrons. The normalized spacial score (nSPS) is 10.3. The van der Waals surface area contributed by atoms with Crippen LogP contribution in [-0.2, 0) is 6.54 Å². The molecular formula is C19H24N2O2. The van der Waals surface area contributed by atoms with E-state index >= 15 is 0 Å². The number of benzene rings is 2. The second-order valence-corrected chi connectivity index (χ2v) is 5.50. The number of primary amides is 1. The van der Waals surface area contributed by atoms with Gasteiger partial charge in [0.05, 0.1) is 6.61 Å². The van der Waals surface area contributed by atoms with Gasteiger partial charge in [-0.05, 0) is 42.3 Å². The summed E-state index contributed by atoms with van der Waals surface area (Å²) in [5.41, 5.74) is 7.81. The fourth-order valence-electron chi connectivity index (χ4n) is 2.23. The quantitative estimate of drug-likeness (QED) is 0.689. The van der Waals surface area contributed by atoms with Crippen molar-refractivity contribution in [3.8, 4) is 5.75 Å². The molecule has 0 atom stereocenters. The Hall–Kier alpha value is -2.49. The smallest absolute Gasteiger partial charge is 0.248 e. The zero-order valence-electron chi connectivity index (χ0n) is 13.5. The molecule has 0 aliphatic heterocycles. The van der Waals surface area contributed by atoms with Gasteiger partial charge in [-0.15, -0.1) is 0 Å². The van der Waals surface area contributed by atoms with Gasteiger partial charge < -0.3 is 15.8 Å². The van der Waals surface area contributed by atoms with Gasteiger partial charge >= 0.3 is 0 Å². The summed E-state index contributed by atoms with van der Waals surface area (Å²) < 4.78 is 5.70. The fraction of sp³-hybridized carbons (Fsp3) is 0.316. The van der Waals surface area contributed by atoms with E-state index in [2.05, 4.69) is 12.2 Å². The predicted octanol–water partition coefficient (Wildman–Crippen LogP) is 3.97. The molecule has 0 saturated carbocycles. The molecule has 0 saturated heterocycles. The Bertz CT molecular complexity index is 624. The first kappa shape index (κ1) is 16.9. The van der Waals surface area contributed by atoms with E-state index in [9.17, 15) is 4.79 Å². The predicted molar refractivity (Wildman–Crippen MR) is 93.7 cm³/mol. The minimum absolute atomic E-state index is 0.418. The minimum Gasteiger partial charge on any atom is -0.494 e. The molecule has 0 heterocycles. The van der Waals surface area contributed by atoms with Crippen molar-refractivity contribution in [3.63, 3.8) is 0 Å². The molecule has 4 nitrogen and oxygen atoms in total. The van der Waals surface area contributed by atoms with Crippen molar-refractivity contribution in [2.24, 2.45) is 5.73 Å². The van der Waals surface area contributed by atoms with Crippen molar-refractivity contribution in [2.75, 3.05) is 11.9 Å². The monoisotopic (exact) mass is 312 g/mol. The lowest BCUT2D eigenvalue weighted by atomic mass is 10.1. The number of rotatable bonds is 9. The summed E-state index contributed by atoms with van der Waals surface area (Å²) in [5.74, 6) is 0.485. The first-order chi connectivity index (χ1) is 11.2. The molecule has 122 valence electrons. The summed E-state index contributed by atoms with van der Waals surface area (Å²) in [5, 5.41) is 3.29. The van der Waals surface area contributed by atoms with Gasteiger partial charge in [0.2, 0.25) is 5.91 Å². The van der Waals surface area contributed by atoms with Crippen LogP contribution in [-0.4, -0.2) is 12.5 Å². The second kappa shape index (κ2) is 8.83. The molecule has 0 aromatic heterocycles. The number of amides is 1. The van der Waals surface area contributed by atoms with Gasteiger partial charge in [0, 0.05) is 17.8 Å². The van der Waals surface area contributed by atoms with Crippen molar-refractivity contribution in [2.45, 2.75) is 32.7 Å². The lowest BCUT2D eigenvalue weighted by Gasteiger charge is -2.09. The van der Waals surface area contributed by atoms with Crippen LogP contribution in [0.5, 0.6) is 5.75 Å². The maximum atomic E-state index is 11.2. The fourth-order valence-corrected chi connectivity index (χ4v) is 2.23. The van der Waals surface area contributed by atoms with Crippen molar-refractivity contribution in [1.82, 2.24) is 0 Å². The van der Waals surface area contributed by atoms with Crippen molar-refractivity contribution in [3.05, 3.63) is 59.7 Å². The highest BCUT2D eigenvalue weighted by Gasteiger charge is 2.01. The van der Waals surface area contributed by atoms with E-state index in [1.807, 2.05) is 36.4 Å². The molecule has 0 bridgehead atoms. The van der Waals surface area contributed by atoms with Gasteiger partial charge in [-0.3, -0.25) is 4.79 Å². The molecule has 1 amide bonds. The number of hydrogen-bond donors (Lipinski definition) is 2. The van der Waals surface area contributed by atoms with Gasteiger partial charge in [0.1, 0.15) is 5.75 Å². The summed E-state index contributed by atoms with van der Waals surface area (Å²) in [6.07, 6.45) is 3.49. The molecule has 2 rings (SSSR count). The number of ether oxygens (including phenoxy) is 1. The SMILES string of the molecule is CCCCCOc1ccc(CNc2cccc(C(N)=O)c2)cc1. The summed E-state index contributed by atoms with van der Waals surface area (Å²) >= 11 is 0. The molecule has 4 heteroatoms. The molecule has 0 aliphatic rings. The van der Waals surface area contributed by atoms with Gasteiger partial charge in [0.25, 0.3) is 0 Å². The van der Waals surface area contributed by atoms with E-state index in [1.165, 1.54) is 12.8 Å². The molecule has 2 aromatic carbocycles. The Morgan fingerprint density at radius 1 is 1.13 bits per heavy atom. The summed E-state index contributed by atoms with van der Waals surface area (Å²) in [6.45, 7) is 3.63. The van der Waals surface area contributed by atoms with E-state index in [1.54, 1.807) is 12.1 Å². The lowest BCUT2D eigenvalue weighted by Crippen LogP contribution is -2.11. The molecule has 23 heavy (non-hydrogen) atoms. The third-order valence-electron chi connectivity index (χ3n) is 3.58. The van der Waals surface area contributed by atoms with E-state index in [0.717, 1.165) is 30.0 Å². The number of hydrogen-bond acceptors (Lipinski definition) is 3. The minimum atomic E-state index is -0.418. The first-order valence-corrected chi connectivity index (χ1v) is 8.04. The van der Waals surface area contributed by atoms with Crippen molar-refractivity contribution >= 4 is 11.6 Å². The zero-order chi connectivity index (χ0) is 16.5. The third kappa shape index (κ3) is 5.66. The van der Waals surface area contributed by atoms with Crippen LogP contribution >= 0.6 is 0 Å². The Morgan fingerprint density at radius 2 is 1.91 bits per heavy atom. The number of unbranched alkanes of at least 4 members (excludes halogenated alkanes) is 2. The van der Waals surface area contributed by atoms with Crippen LogP contribution in [0, 0.1) is 0 Å². The third-order valence-corrected chi connectivity index (χ3v) is 3.58. The van der Waals surface area contributed by atoms with E-state index < -0.39 is 5.91 Å². The van der Waals surface area contributed by atoms with Crippen LogP contribution < -0.4 is 15.8 Å². The molecule has 0 fully saturated rings. The van der Waals surface area contributed by atoms with Gasteiger partial charge in [-0.2, -0.15) is 0 Å². The molecule has 0 unspecified atom stereocenters. The first-order valence-electron chi connectivity index (χ1n) is 8.04. The molecular weight excluding hydrogens is 288 g/mol. The topological polar surface area (TPSA) is 64.3 Å². The van der Waals surface area contributed by atoms with E-state index in [0.29, 0.717) is 12.1 Å². The Kier molecular flexibility index (Phi) is 6.48. The summed E-state index contributed by atoms with van der Waals surface area (Å²) in [7, 11) is 0. The molecule has 0 aliphatic carbocycles. The van der Waals surface area contributed by atoms with Crippen LogP contribution in [0.25, 0.3) is 0 Å². The molecule has 0 spiro atoms. The average molecular weight is 312 g/mol. The largest absolute Gasteiger partial charge is 0.494 e. The number of anilines is 1. The average Bonchev–Trinajstić information content (AvgIpc) is 2.58. The molecule has 2 aromatic rings. The van der Waals surface area contributed by atoms with Crippen LogP contribution in [0.1, 0.15) is 42.1 Å². The van der Waals surface area contributed by atoms with Crippen molar-refractivity contribution in [1.29, 1.82) is 0 Å². The molecule has 3 N–H and O–H groups in total. The summed E-state index contributed by atoms with van der Waals surface area (Å²) in [4.78, 5) is 11.2.